The largest absolute Gasteiger partial charge is 0.417 e. The molecule has 0 aromatic heterocycles. The molecule has 1 saturated carbocycles. The van der Waals surface area contributed by atoms with E-state index in [2.05, 4.69) is 0 Å². The second kappa shape index (κ2) is 5.54. The average Bonchev–Trinajstić information content (AvgIpc) is 3.19. The van der Waals surface area contributed by atoms with Gasteiger partial charge in [-0.1, -0.05) is 12.1 Å². The SMILES string of the molecule is O=S(=O)(c1ccccc1C(F)(F)F)N(CCCl)C1CC1. The van der Waals surface area contributed by atoms with Crippen LogP contribution >= 0.6 is 11.6 Å². The van der Waals surface area contributed by atoms with Gasteiger partial charge >= 0.3 is 6.18 Å². The van der Waals surface area contributed by atoms with Crippen LogP contribution in [0, 0.1) is 0 Å². The van der Waals surface area contributed by atoms with Crippen molar-refractivity contribution in [2.75, 3.05) is 12.4 Å². The summed E-state index contributed by atoms with van der Waals surface area (Å²) in [6.07, 6.45) is -3.39. The van der Waals surface area contributed by atoms with E-state index in [0.29, 0.717) is 12.8 Å². The van der Waals surface area contributed by atoms with Crippen LogP contribution in [0.15, 0.2) is 29.2 Å². The molecule has 1 aromatic carbocycles. The number of nitrogens with zero attached hydrogens (tertiary/aromatic N) is 1. The molecule has 0 amide bonds. The Morgan fingerprint density at radius 3 is 2.35 bits per heavy atom. The number of rotatable bonds is 5. The average molecular weight is 328 g/mol. The first-order valence-electron chi connectivity index (χ1n) is 6.02. The molecular weight excluding hydrogens is 315 g/mol. The maximum Gasteiger partial charge on any atom is 0.417 e. The summed E-state index contributed by atoms with van der Waals surface area (Å²) in [4.78, 5) is -0.704. The number of benzene rings is 1. The summed E-state index contributed by atoms with van der Waals surface area (Å²) in [7, 11) is -4.18. The summed E-state index contributed by atoms with van der Waals surface area (Å²) in [5.41, 5.74) is -1.14. The minimum Gasteiger partial charge on any atom is -0.207 e. The second-order valence-corrected chi connectivity index (χ2v) is 6.77. The highest BCUT2D eigenvalue weighted by molar-refractivity contribution is 7.89. The molecule has 3 nitrogen and oxygen atoms in total. The molecule has 1 fully saturated rings. The van der Waals surface area contributed by atoms with Crippen molar-refractivity contribution >= 4 is 21.6 Å². The maximum atomic E-state index is 12.9. The lowest BCUT2D eigenvalue weighted by molar-refractivity contribution is -0.139. The van der Waals surface area contributed by atoms with Crippen LogP contribution < -0.4 is 0 Å². The Bertz CT molecular complexity index is 585. The molecule has 0 aliphatic heterocycles. The van der Waals surface area contributed by atoms with Crippen LogP contribution in [0.1, 0.15) is 18.4 Å². The molecule has 0 spiro atoms. The zero-order valence-corrected chi connectivity index (χ0v) is 12.0. The van der Waals surface area contributed by atoms with Gasteiger partial charge in [0.05, 0.1) is 10.5 Å². The van der Waals surface area contributed by atoms with Gasteiger partial charge in [-0.05, 0) is 25.0 Å². The van der Waals surface area contributed by atoms with E-state index in [9.17, 15) is 21.6 Å². The zero-order valence-electron chi connectivity index (χ0n) is 10.4. The Hall–Kier alpha value is -0.790. The smallest absolute Gasteiger partial charge is 0.207 e. The van der Waals surface area contributed by atoms with Crippen LogP contribution in [0.4, 0.5) is 13.2 Å². The number of halogens is 4. The summed E-state index contributed by atoms with van der Waals surface area (Å²) in [6.45, 7) is 0.0146. The molecule has 0 bridgehead atoms. The van der Waals surface area contributed by atoms with E-state index in [0.717, 1.165) is 16.4 Å². The van der Waals surface area contributed by atoms with E-state index >= 15 is 0 Å². The lowest BCUT2D eigenvalue weighted by atomic mass is 10.2. The summed E-state index contributed by atoms with van der Waals surface area (Å²) < 4.78 is 64.8. The van der Waals surface area contributed by atoms with Gasteiger partial charge < -0.3 is 0 Å². The van der Waals surface area contributed by atoms with Gasteiger partial charge in [0.25, 0.3) is 0 Å². The first-order chi connectivity index (χ1) is 9.28. The van der Waals surface area contributed by atoms with Crippen LogP contribution in [0.25, 0.3) is 0 Å². The third-order valence-electron chi connectivity index (χ3n) is 3.04. The molecular formula is C12H13ClF3NO2S. The third-order valence-corrected chi connectivity index (χ3v) is 5.22. The molecule has 0 saturated heterocycles. The first kappa shape index (κ1) is 15.6. The minimum absolute atomic E-state index is 0.0146. The Kier molecular flexibility index (Phi) is 4.32. The molecule has 0 atom stereocenters. The highest BCUT2D eigenvalue weighted by atomic mass is 35.5. The van der Waals surface area contributed by atoms with Gasteiger partial charge in [0, 0.05) is 18.5 Å². The monoisotopic (exact) mass is 327 g/mol. The Morgan fingerprint density at radius 1 is 1.25 bits per heavy atom. The summed E-state index contributed by atoms with van der Waals surface area (Å²) >= 11 is 5.56. The lowest BCUT2D eigenvalue weighted by Gasteiger charge is -2.23. The number of hydrogen-bond donors (Lipinski definition) is 0. The molecule has 8 heteroatoms. The first-order valence-corrected chi connectivity index (χ1v) is 8.00. The summed E-state index contributed by atoms with van der Waals surface area (Å²) in [6, 6.07) is 3.99. The van der Waals surface area contributed by atoms with Crippen LogP contribution in [-0.4, -0.2) is 31.2 Å². The van der Waals surface area contributed by atoms with E-state index < -0.39 is 26.7 Å². The fourth-order valence-corrected chi connectivity index (χ4v) is 4.18. The van der Waals surface area contributed by atoms with Crippen molar-refractivity contribution < 1.29 is 21.6 Å². The van der Waals surface area contributed by atoms with Gasteiger partial charge in [-0.15, -0.1) is 11.6 Å². The number of sulfonamides is 1. The number of hydrogen-bond acceptors (Lipinski definition) is 2. The molecule has 0 unspecified atom stereocenters. The third kappa shape index (κ3) is 3.10. The van der Waals surface area contributed by atoms with Crippen molar-refractivity contribution in [1.82, 2.24) is 4.31 Å². The molecule has 112 valence electrons. The van der Waals surface area contributed by atoms with Crippen LogP contribution in [0.3, 0.4) is 0 Å². The van der Waals surface area contributed by atoms with E-state index in [1.807, 2.05) is 0 Å². The van der Waals surface area contributed by atoms with Crippen molar-refractivity contribution in [1.29, 1.82) is 0 Å². The molecule has 0 N–H and O–H groups in total. The van der Waals surface area contributed by atoms with E-state index in [1.54, 1.807) is 0 Å². The van der Waals surface area contributed by atoms with E-state index in [1.165, 1.54) is 12.1 Å². The van der Waals surface area contributed by atoms with Gasteiger partial charge in [-0.2, -0.15) is 17.5 Å². The highest BCUT2D eigenvalue weighted by Crippen LogP contribution is 2.38. The fraction of sp³-hybridized carbons (Fsp3) is 0.500. The van der Waals surface area contributed by atoms with Crippen molar-refractivity contribution in [3.05, 3.63) is 29.8 Å². The van der Waals surface area contributed by atoms with Crippen molar-refractivity contribution in [3.8, 4) is 0 Å². The topological polar surface area (TPSA) is 37.4 Å². The second-order valence-electron chi connectivity index (χ2n) is 4.53. The normalized spacial score (nSPS) is 16.6. The van der Waals surface area contributed by atoms with E-state index in [4.69, 9.17) is 11.6 Å². The van der Waals surface area contributed by atoms with Crippen LogP contribution in [-0.2, 0) is 16.2 Å². The lowest BCUT2D eigenvalue weighted by Crippen LogP contribution is -2.35. The predicted molar refractivity (Wildman–Crippen MR) is 69.1 cm³/mol. The van der Waals surface area contributed by atoms with Crippen LogP contribution in [0.5, 0.6) is 0 Å². The molecule has 0 heterocycles. The van der Waals surface area contributed by atoms with Crippen molar-refractivity contribution in [2.24, 2.45) is 0 Å². The van der Waals surface area contributed by atoms with Gasteiger partial charge in [0.15, 0.2) is 0 Å². The Morgan fingerprint density at radius 2 is 1.85 bits per heavy atom. The highest BCUT2D eigenvalue weighted by Gasteiger charge is 2.42. The van der Waals surface area contributed by atoms with Crippen LogP contribution in [0.2, 0.25) is 0 Å². The molecule has 1 aliphatic carbocycles. The summed E-state index contributed by atoms with van der Waals surface area (Å²) in [5.74, 6) is 0.0456. The standard InChI is InChI=1S/C12H13ClF3NO2S/c13-7-8-17(9-5-6-9)20(18,19)11-4-2-1-3-10(11)12(14,15)16/h1-4,9H,5-8H2. The number of alkyl halides is 4. The van der Waals surface area contributed by atoms with Gasteiger partial charge in [-0.3, -0.25) is 0 Å². The minimum atomic E-state index is -4.71. The summed E-state index contributed by atoms with van der Waals surface area (Å²) in [5, 5.41) is 0. The Labute approximate surface area is 120 Å². The molecule has 20 heavy (non-hydrogen) atoms. The van der Waals surface area contributed by atoms with Gasteiger partial charge in [-0.25, -0.2) is 8.42 Å². The molecule has 1 aromatic rings. The molecule has 1 aliphatic rings. The molecule has 0 radical (unpaired) electrons. The quantitative estimate of drug-likeness (QED) is 0.779. The molecule has 2 rings (SSSR count). The Balaban J connectivity index is 2.48. The van der Waals surface area contributed by atoms with E-state index in [-0.39, 0.29) is 18.5 Å². The maximum absolute atomic E-state index is 12.9. The van der Waals surface area contributed by atoms with Gasteiger partial charge in [0.1, 0.15) is 0 Å². The predicted octanol–water partition coefficient (Wildman–Crippen LogP) is 3.10. The van der Waals surface area contributed by atoms with Crippen molar-refractivity contribution in [3.63, 3.8) is 0 Å². The van der Waals surface area contributed by atoms with Gasteiger partial charge in [0.2, 0.25) is 10.0 Å². The fourth-order valence-electron chi connectivity index (χ4n) is 2.00. The zero-order chi connectivity index (χ0) is 15.0. The van der Waals surface area contributed by atoms with Crippen molar-refractivity contribution in [2.45, 2.75) is 30.0 Å².